The molecule has 0 spiro atoms. The number of nitrogens with zero attached hydrogens (tertiary/aromatic N) is 2. The minimum atomic E-state index is -0.749. The van der Waals surface area contributed by atoms with Crippen LogP contribution in [0.1, 0.15) is 29.3 Å². The number of hydrogen-bond donors (Lipinski definition) is 3. The lowest BCUT2D eigenvalue weighted by atomic mass is 10.2. The van der Waals surface area contributed by atoms with E-state index in [2.05, 4.69) is 10.3 Å². The number of carbonyl (C=O) groups excluding carboxylic acids is 1. The first-order valence-corrected chi connectivity index (χ1v) is 6.61. The van der Waals surface area contributed by atoms with Gasteiger partial charge in [-0.05, 0) is 31.0 Å². The van der Waals surface area contributed by atoms with Crippen molar-refractivity contribution in [2.45, 2.75) is 26.3 Å². The molecule has 7 nitrogen and oxygen atoms in total. The second kappa shape index (κ2) is 5.92. The first-order valence-electron chi connectivity index (χ1n) is 6.61. The zero-order valence-corrected chi connectivity index (χ0v) is 11.8. The van der Waals surface area contributed by atoms with E-state index in [9.17, 15) is 14.7 Å². The second-order valence-corrected chi connectivity index (χ2v) is 4.81. The number of carbonyl (C=O) groups is 1. The van der Waals surface area contributed by atoms with Crippen LogP contribution in [0.4, 0.5) is 0 Å². The Kier molecular flexibility index (Phi) is 4.23. The molecule has 2 aromatic rings. The van der Waals surface area contributed by atoms with E-state index in [1.807, 2.05) is 6.92 Å². The number of aliphatic hydroxyl groups excluding tert-OH is 1. The van der Waals surface area contributed by atoms with Crippen LogP contribution in [0.2, 0.25) is 0 Å². The van der Waals surface area contributed by atoms with Gasteiger partial charge in [-0.15, -0.1) is 0 Å². The van der Waals surface area contributed by atoms with Crippen molar-refractivity contribution in [3.05, 3.63) is 39.8 Å². The summed E-state index contributed by atoms with van der Waals surface area (Å²) < 4.78 is 1.20. The van der Waals surface area contributed by atoms with Crippen molar-refractivity contribution in [2.75, 3.05) is 6.61 Å². The maximum atomic E-state index is 12.3. The molecule has 0 aliphatic rings. The highest BCUT2D eigenvalue weighted by molar-refractivity contribution is 5.96. The Hall–Kier alpha value is -2.41. The Labute approximate surface area is 120 Å². The molecule has 2 rings (SSSR count). The maximum absolute atomic E-state index is 12.3. The Morgan fingerprint density at radius 3 is 2.86 bits per heavy atom. The third kappa shape index (κ3) is 2.87. The van der Waals surface area contributed by atoms with Gasteiger partial charge in [0.2, 0.25) is 5.88 Å². The van der Waals surface area contributed by atoms with E-state index in [1.54, 1.807) is 19.1 Å². The highest BCUT2D eigenvalue weighted by Crippen LogP contribution is 2.12. The number of aryl methyl sites for hydroxylation is 1. The van der Waals surface area contributed by atoms with Crippen molar-refractivity contribution in [2.24, 2.45) is 0 Å². The molecule has 0 aliphatic carbocycles. The van der Waals surface area contributed by atoms with Gasteiger partial charge in [0, 0.05) is 6.20 Å². The third-order valence-corrected chi connectivity index (χ3v) is 3.24. The van der Waals surface area contributed by atoms with Crippen LogP contribution < -0.4 is 10.9 Å². The molecule has 1 amide bonds. The summed E-state index contributed by atoms with van der Waals surface area (Å²) in [6.45, 7) is 3.37. The van der Waals surface area contributed by atoms with Gasteiger partial charge < -0.3 is 15.5 Å². The van der Waals surface area contributed by atoms with Gasteiger partial charge in [0.25, 0.3) is 11.5 Å². The lowest BCUT2D eigenvalue weighted by molar-refractivity contribution is 0.0909. The van der Waals surface area contributed by atoms with Crippen LogP contribution in [0.25, 0.3) is 5.65 Å². The minimum absolute atomic E-state index is 0.245. The summed E-state index contributed by atoms with van der Waals surface area (Å²) in [6.07, 6.45) is 2.00. The summed E-state index contributed by atoms with van der Waals surface area (Å²) in [7, 11) is 0. The first-order chi connectivity index (χ1) is 9.97. The zero-order valence-electron chi connectivity index (χ0n) is 11.8. The van der Waals surface area contributed by atoms with Crippen molar-refractivity contribution in [3.63, 3.8) is 0 Å². The van der Waals surface area contributed by atoms with Crippen LogP contribution in [-0.2, 0) is 0 Å². The number of aromatic hydroxyl groups is 1. The Morgan fingerprint density at radius 2 is 2.24 bits per heavy atom. The molecule has 0 bridgehead atoms. The molecule has 0 saturated carbocycles. The fourth-order valence-electron chi connectivity index (χ4n) is 1.96. The number of amides is 1. The zero-order chi connectivity index (χ0) is 15.6. The minimum Gasteiger partial charge on any atom is -0.493 e. The quantitative estimate of drug-likeness (QED) is 0.747. The van der Waals surface area contributed by atoms with E-state index in [0.717, 1.165) is 5.56 Å². The van der Waals surface area contributed by atoms with E-state index in [1.165, 1.54) is 10.6 Å². The lowest BCUT2D eigenvalue weighted by Gasteiger charge is -2.14. The standard InChI is InChI=1S/C14H17N3O4/c1-3-9(7-18)15-12(19)11-13(20)16-10-6-8(2)4-5-17(10)14(11)21/h4-6,9,18,20H,3,7H2,1-2H3,(H,15,19). The monoisotopic (exact) mass is 291 g/mol. The molecule has 0 aromatic carbocycles. The molecule has 0 fully saturated rings. The smallest absolute Gasteiger partial charge is 0.274 e. The van der Waals surface area contributed by atoms with E-state index < -0.39 is 29.0 Å². The average molecular weight is 291 g/mol. The molecular weight excluding hydrogens is 274 g/mol. The molecule has 21 heavy (non-hydrogen) atoms. The lowest BCUT2D eigenvalue weighted by Crippen LogP contribution is -2.40. The van der Waals surface area contributed by atoms with Crippen LogP contribution in [0.5, 0.6) is 5.88 Å². The topological polar surface area (TPSA) is 104 Å². The van der Waals surface area contributed by atoms with Gasteiger partial charge >= 0.3 is 0 Å². The summed E-state index contributed by atoms with van der Waals surface area (Å²) in [4.78, 5) is 28.3. The van der Waals surface area contributed by atoms with E-state index in [0.29, 0.717) is 6.42 Å². The van der Waals surface area contributed by atoms with Crippen LogP contribution >= 0.6 is 0 Å². The van der Waals surface area contributed by atoms with Crippen molar-refractivity contribution in [1.82, 2.24) is 14.7 Å². The number of rotatable bonds is 4. The third-order valence-electron chi connectivity index (χ3n) is 3.24. The van der Waals surface area contributed by atoms with Gasteiger partial charge in [0.15, 0.2) is 5.56 Å². The molecule has 1 unspecified atom stereocenters. The number of pyridine rings is 1. The van der Waals surface area contributed by atoms with Crippen LogP contribution in [0, 0.1) is 6.92 Å². The predicted octanol–water partition coefficient (Wildman–Crippen LogP) is 0.209. The van der Waals surface area contributed by atoms with E-state index >= 15 is 0 Å². The molecule has 1 atom stereocenters. The summed E-state index contributed by atoms with van der Waals surface area (Å²) >= 11 is 0. The maximum Gasteiger partial charge on any atom is 0.274 e. The first kappa shape index (κ1) is 15.0. The van der Waals surface area contributed by atoms with Gasteiger partial charge in [-0.1, -0.05) is 6.92 Å². The molecule has 7 heteroatoms. The summed E-state index contributed by atoms with van der Waals surface area (Å²) in [5, 5.41) is 21.4. The van der Waals surface area contributed by atoms with Gasteiger partial charge in [-0.3, -0.25) is 14.0 Å². The number of aromatic nitrogens is 2. The SMILES string of the molecule is CCC(CO)NC(=O)c1c(O)nc2cc(C)ccn2c1=O. The molecule has 2 heterocycles. The van der Waals surface area contributed by atoms with Gasteiger partial charge in [-0.2, -0.15) is 4.98 Å². The predicted molar refractivity (Wildman–Crippen MR) is 76.5 cm³/mol. The Bertz CT molecular complexity index is 735. The largest absolute Gasteiger partial charge is 0.493 e. The molecule has 112 valence electrons. The highest BCUT2D eigenvalue weighted by atomic mass is 16.3. The summed E-state index contributed by atoms with van der Waals surface area (Å²) in [5.74, 6) is -1.36. The van der Waals surface area contributed by atoms with Gasteiger partial charge in [0.1, 0.15) is 5.65 Å². The van der Waals surface area contributed by atoms with E-state index in [-0.39, 0.29) is 12.3 Å². The van der Waals surface area contributed by atoms with Crippen LogP contribution in [-0.4, -0.2) is 38.2 Å². The molecular formula is C14H17N3O4. The van der Waals surface area contributed by atoms with Crippen molar-refractivity contribution in [3.8, 4) is 5.88 Å². The molecule has 3 N–H and O–H groups in total. The number of nitrogens with one attached hydrogen (secondary N) is 1. The fourth-order valence-corrected chi connectivity index (χ4v) is 1.96. The molecule has 0 radical (unpaired) electrons. The van der Waals surface area contributed by atoms with Crippen molar-refractivity contribution < 1.29 is 15.0 Å². The van der Waals surface area contributed by atoms with Crippen LogP contribution in [0.3, 0.4) is 0 Å². The second-order valence-electron chi connectivity index (χ2n) is 4.81. The van der Waals surface area contributed by atoms with Gasteiger partial charge in [0.05, 0.1) is 12.6 Å². The van der Waals surface area contributed by atoms with E-state index in [4.69, 9.17) is 5.11 Å². The van der Waals surface area contributed by atoms with Crippen LogP contribution in [0.15, 0.2) is 23.1 Å². The Balaban J connectivity index is 2.52. The number of aliphatic hydroxyl groups is 1. The molecule has 0 saturated heterocycles. The summed E-state index contributed by atoms with van der Waals surface area (Å²) in [5.41, 5.74) is 0.0686. The van der Waals surface area contributed by atoms with Crippen molar-refractivity contribution in [1.29, 1.82) is 0 Å². The summed E-state index contributed by atoms with van der Waals surface area (Å²) in [6, 6.07) is 2.86. The Morgan fingerprint density at radius 1 is 1.52 bits per heavy atom. The molecule has 2 aromatic heterocycles. The fraction of sp³-hybridized carbons (Fsp3) is 0.357. The molecule has 0 aliphatic heterocycles. The highest BCUT2D eigenvalue weighted by Gasteiger charge is 2.21. The number of fused-ring (bicyclic) bond motifs is 1. The average Bonchev–Trinajstić information content (AvgIpc) is 2.44. The normalized spacial score (nSPS) is 12.3. The van der Waals surface area contributed by atoms with Crippen molar-refractivity contribution >= 4 is 11.6 Å². The van der Waals surface area contributed by atoms with Gasteiger partial charge in [-0.25, -0.2) is 0 Å². The number of hydrogen-bond acceptors (Lipinski definition) is 5.